The van der Waals surface area contributed by atoms with Gasteiger partial charge in [0, 0.05) is 13.1 Å². The van der Waals surface area contributed by atoms with Crippen LogP contribution in [0, 0.1) is 11.8 Å². The number of carbonyl (C=O) groups excluding carboxylic acids is 3. The summed E-state index contributed by atoms with van der Waals surface area (Å²) in [6.07, 6.45) is 6.64. The predicted octanol–water partition coefficient (Wildman–Crippen LogP) is 0.613. The standard InChI is InChI=1S/C21H29N5O5/c1-3-5-11-24(16-17(22)25(10-4-2)21(31)23-18(16)28)15(27)12-26-19(29)13-8-6-7-9-14(13)20(26)30/h6-7,13-14H,3-5,8-12,22H2,1-2H3,(H,23,28,31)/t13-,14+. The molecule has 3 N–H and O–H groups in total. The number of allylic oxidation sites excluding steroid dienone is 2. The summed E-state index contributed by atoms with van der Waals surface area (Å²) < 4.78 is 1.22. The van der Waals surface area contributed by atoms with Crippen molar-refractivity contribution in [3.05, 3.63) is 33.0 Å². The zero-order valence-corrected chi connectivity index (χ0v) is 17.9. The van der Waals surface area contributed by atoms with Gasteiger partial charge in [-0.2, -0.15) is 0 Å². The number of imide groups is 1. The number of anilines is 2. The number of H-pyrrole nitrogens is 1. The summed E-state index contributed by atoms with van der Waals surface area (Å²) in [5.74, 6) is -2.27. The molecular weight excluding hydrogens is 402 g/mol. The van der Waals surface area contributed by atoms with Crippen molar-refractivity contribution in [2.45, 2.75) is 52.5 Å². The van der Waals surface area contributed by atoms with Gasteiger partial charge in [-0.25, -0.2) is 4.79 Å². The van der Waals surface area contributed by atoms with Crippen LogP contribution in [0.2, 0.25) is 0 Å². The Balaban J connectivity index is 1.93. The average Bonchev–Trinajstić information content (AvgIpc) is 2.98. The quantitative estimate of drug-likeness (QED) is 0.457. The fourth-order valence-electron chi connectivity index (χ4n) is 4.21. The fourth-order valence-corrected chi connectivity index (χ4v) is 4.21. The van der Waals surface area contributed by atoms with Crippen molar-refractivity contribution in [3.63, 3.8) is 0 Å². The van der Waals surface area contributed by atoms with E-state index >= 15 is 0 Å². The SMILES string of the molecule is CCCCN(C(=O)CN1C(=O)[C@H]2CC=CC[C@H]2C1=O)c1c(N)n(CCC)c(=O)[nH]c1=O. The van der Waals surface area contributed by atoms with Crippen molar-refractivity contribution in [3.8, 4) is 0 Å². The van der Waals surface area contributed by atoms with E-state index < -0.39 is 35.5 Å². The first-order valence-electron chi connectivity index (χ1n) is 10.7. The number of nitrogens with zero attached hydrogens (tertiary/aromatic N) is 3. The number of rotatable bonds is 8. The third-order valence-corrected chi connectivity index (χ3v) is 5.86. The molecule has 0 spiro atoms. The highest BCUT2D eigenvalue weighted by atomic mass is 16.2. The van der Waals surface area contributed by atoms with Crippen LogP contribution in [-0.2, 0) is 20.9 Å². The molecule has 3 rings (SSSR count). The Hall–Kier alpha value is -3.17. The topological polar surface area (TPSA) is 139 Å². The van der Waals surface area contributed by atoms with Gasteiger partial charge < -0.3 is 10.6 Å². The summed E-state index contributed by atoms with van der Waals surface area (Å²) in [4.78, 5) is 67.9. The normalized spacial score (nSPS) is 20.3. The van der Waals surface area contributed by atoms with Crippen LogP contribution in [0.3, 0.4) is 0 Å². The Labute approximate surface area is 179 Å². The number of nitrogen functional groups attached to an aromatic ring is 1. The van der Waals surface area contributed by atoms with Crippen LogP contribution < -0.4 is 21.9 Å². The minimum absolute atomic E-state index is 0.100. The van der Waals surface area contributed by atoms with Crippen LogP contribution in [-0.4, -0.2) is 45.3 Å². The largest absolute Gasteiger partial charge is 0.383 e. The fraction of sp³-hybridized carbons (Fsp3) is 0.571. The molecule has 10 heteroatoms. The number of nitrogens with two attached hydrogens (primary N) is 1. The zero-order valence-electron chi connectivity index (χ0n) is 17.9. The number of hydrogen-bond donors (Lipinski definition) is 2. The molecule has 1 aliphatic carbocycles. The number of likely N-dealkylation sites (tertiary alicyclic amines) is 1. The van der Waals surface area contributed by atoms with E-state index in [4.69, 9.17) is 5.73 Å². The molecule has 2 heterocycles. The number of carbonyl (C=O) groups is 3. The Bertz CT molecular complexity index is 998. The number of fused-ring (bicyclic) bond motifs is 1. The number of aromatic amines is 1. The van der Waals surface area contributed by atoms with Gasteiger partial charge >= 0.3 is 5.69 Å². The maximum absolute atomic E-state index is 13.2. The lowest BCUT2D eigenvalue weighted by molar-refractivity contribution is -0.143. The molecule has 1 aliphatic heterocycles. The van der Waals surface area contributed by atoms with E-state index in [9.17, 15) is 24.0 Å². The van der Waals surface area contributed by atoms with Gasteiger partial charge in [-0.15, -0.1) is 0 Å². The molecule has 1 aromatic heterocycles. The van der Waals surface area contributed by atoms with E-state index in [-0.39, 0.29) is 36.4 Å². The smallest absolute Gasteiger partial charge is 0.330 e. The molecule has 0 saturated carbocycles. The van der Waals surface area contributed by atoms with E-state index in [2.05, 4.69) is 4.98 Å². The second kappa shape index (κ2) is 9.32. The van der Waals surface area contributed by atoms with Gasteiger partial charge in [0.05, 0.1) is 11.8 Å². The van der Waals surface area contributed by atoms with Crippen LogP contribution in [0.25, 0.3) is 0 Å². The van der Waals surface area contributed by atoms with Gasteiger partial charge in [-0.1, -0.05) is 32.4 Å². The first-order valence-corrected chi connectivity index (χ1v) is 10.7. The molecule has 0 aromatic carbocycles. The molecule has 2 aliphatic rings. The molecule has 31 heavy (non-hydrogen) atoms. The summed E-state index contributed by atoms with van der Waals surface area (Å²) in [6, 6.07) is 0. The third kappa shape index (κ3) is 4.19. The Morgan fingerprint density at radius 1 is 1.10 bits per heavy atom. The summed E-state index contributed by atoms with van der Waals surface area (Å²) in [5.41, 5.74) is 4.60. The Morgan fingerprint density at radius 2 is 1.71 bits per heavy atom. The molecule has 0 radical (unpaired) electrons. The van der Waals surface area contributed by atoms with Crippen molar-refractivity contribution in [2.24, 2.45) is 11.8 Å². The molecule has 2 atom stereocenters. The molecule has 1 fully saturated rings. The van der Waals surface area contributed by atoms with Gasteiger partial charge in [-0.3, -0.25) is 33.6 Å². The van der Waals surface area contributed by atoms with E-state index in [1.165, 1.54) is 9.47 Å². The van der Waals surface area contributed by atoms with Gasteiger partial charge in [0.25, 0.3) is 5.56 Å². The van der Waals surface area contributed by atoms with E-state index in [0.29, 0.717) is 25.7 Å². The second-order valence-corrected chi connectivity index (χ2v) is 7.96. The van der Waals surface area contributed by atoms with Gasteiger partial charge in [0.1, 0.15) is 12.4 Å². The number of hydrogen-bond acceptors (Lipinski definition) is 6. The first-order chi connectivity index (χ1) is 14.8. The highest BCUT2D eigenvalue weighted by Crippen LogP contribution is 2.35. The van der Waals surface area contributed by atoms with Gasteiger partial charge in [0.2, 0.25) is 17.7 Å². The lowest BCUT2D eigenvalue weighted by atomic mass is 9.85. The minimum atomic E-state index is -0.767. The lowest BCUT2D eigenvalue weighted by Crippen LogP contribution is -2.47. The first kappa shape index (κ1) is 22.5. The lowest BCUT2D eigenvalue weighted by Gasteiger charge is -2.26. The van der Waals surface area contributed by atoms with Crippen LogP contribution >= 0.6 is 0 Å². The molecule has 3 amide bonds. The number of aromatic nitrogens is 2. The predicted molar refractivity (Wildman–Crippen MR) is 115 cm³/mol. The highest BCUT2D eigenvalue weighted by Gasteiger charge is 2.48. The van der Waals surface area contributed by atoms with Crippen molar-refractivity contribution >= 4 is 29.2 Å². The maximum atomic E-state index is 13.2. The molecule has 1 aromatic rings. The molecule has 0 unspecified atom stereocenters. The monoisotopic (exact) mass is 431 g/mol. The Kier molecular flexibility index (Phi) is 6.77. The van der Waals surface area contributed by atoms with Crippen LogP contribution in [0.15, 0.2) is 21.7 Å². The summed E-state index contributed by atoms with van der Waals surface area (Å²) in [5, 5.41) is 0. The molecule has 0 bridgehead atoms. The van der Waals surface area contributed by atoms with Gasteiger partial charge in [0.15, 0.2) is 5.69 Å². The third-order valence-electron chi connectivity index (χ3n) is 5.86. The van der Waals surface area contributed by atoms with Crippen LogP contribution in [0.5, 0.6) is 0 Å². The van der Waals surface area contributed by atoms with E-state index in [1.807, 2.05) is 26.0 Å². The highest BCUT2D eigenvalue weighted by molar-refractivity contribution is 6.09. The van der Waals surface area contributed by atoms with E-state index in [1.54, 1.807) is 0 Å². The minimum Gasteiger partial charge on any atom is -0.383 e. The van der Waals surface area contributed by atoms with Crippen molar-refractivity contribution in [1.82, 2.24) is 14.5 Å². The molecular formula is C21H29N5O5. The second-order valence-electron chi connectivity index (χ2n) is 7.96. The zero-order chi connectivity index (χ0) is 22.7. The molecule has 1 saturated heterocycles. The van der Waals surface area contributed by atoms with Crippen molar-refractivity contribution < 1.29 is 14.4 Å². The van der Waals surface area contributed by atoms with Gasteiger partial charge in [-0.05, 0) is 25.7 Å². The summed E-state index contributed by atoms with van der Waals surface area (Å²) >= 11 is 0. The summed E-state index contributed by atoms with van der Waals surface area (Å²) in [6.45, 7) is 3.79. The average molecular weight is 431 g/mol. The Morgan fingerprint density at radius 3 is 2.26 bits per heavy atom. The number of nitrogens with one attached hydrogen (secondary N) is 1. The maximum Gasteiger partial charge on any atom is 0.330 e. The van der Waals surface area contributed by atoms with E-state index in [0.717, 1.165) is 11.3 Å². The molecule has 168 valence electrons. The van der Waals surface area contributed by atoms with Crippen LogP contribution in [0.1, 0.15) is 46.0 Å². The number of unbranched alkanes of at least 4 members (excludes halogenated alkanes) is 1. The molecule has 10 nitrogen and oxygen atoms in total. The number of amides is 3. The summed E-state index contributed by atoms with van der Waals surface area (Å²) in [7, 11) is 0. The van der Waals surface area contributed by atoms with Crippen molar-refractivity contribution in [1.29, 1.82) is 0 Å². The van der Waals surface area contributed by atoms with Crippen molar-refractivity contribution in [2.75, 3.05) is 23.7 Å². The van der Waals surface area contributed by atoms with Crippen LogP contribution in [0.4, 0.5) is 11.5 Å².